The molecule has 0 amide bonds. The second-order valence-corrected chi connectivity index (χ2v) is 9.25. The largest absolute Gasteiger partial charge is 0.390 e. The molecule has 7 nitrogen and oxygen atoms in total. The fraction of sp³-hybridized carbons (Fsp3) is 0.520. The fourth-order valence-electron chi connectivity index (χ4n) is 4.47. The predicted molar refractivity (Wildman–Crippen MR) is 123 cm³/mol. The van der Waals surface area contributed by atoms with E-state index in [4.69, 9.17) is 0 Å². The lowest BCUT2D eigenvalue weighted by Gasteiger charge is -2.38. The second-order valence-electron chi connectivity index (χ2n) is 9.25. The van der Waals surface area contributed by atoms with Crippen LogP contribution in [0.3, 0.4) is 0 Å². The molecule has 11 heteroatoms. The van der Waals surface area contributed by atoms with Crippen LogP contribution in [0.25, 0.3) is 0 Å². The van der Waals surface area contributed by atoms with Crippen LogP contribution in [0, 0.1) is 23.5 Å². The van der Waals surface area contributed by atoms with Crippen LogP contribution in [0.5, 0.6) is 0 Å². The molecule has 2 aromatic rings. The molecule has 2 aliphatic rings. The van der Waals surface area contributed by atoms with Crippen molar-refractivity contribution in [3.63, 3.8) is 0 Å². The predicted octanol–water partition coefficient (Wildman–Crippen LogP) is 1.04. The molecule has 2 aromatic carbocycles. The average molecular weight is 517 g/mol. The summed E-state index contributed by atoms with van der Waals surface area (Å²) in [4.78, 5) is 1.64. The lowest BCUT2D eigenvalue weighted by Crippen LogP contribution is -2.54. The highest BCUT2D eigenvalue weighted by Crippen LogP contribution is 2.28. The molecule has 0 aliphatic carbocycles. The minimum atomic E-state index is -2.68. The summed E-state index contributed by atoms with van der Waals surface area (Å²) in [6, 6.07) is 11.2. The lowest BCUT2D eigenvalue weighted by atomic mass is 9.86. The molecule has 0 spiro atoms. The molecule has 0 radical (unpaired) electrons. The third-order valence-corrected chi connectivity index (χ3v) is 6.57. The van der Waals surface area contributed by atoms with E-state index < -0.39 is 48.8 Å². The summed E-state index contributed by atoms with van der Waals surface area (Å²) in [6.45, 7) is 1.20. The van der Waals surface area contributed by atoms with Gasteiger partial charge < -0.3 is 30.8 Å². The highest BCUT2D eigenvalue weighted by molar-refractivity contribution is 5.20. The van der Waals surface area contributed by atoms with Crippen molar-refractivity contribution < 1.29 is 43.1 Å². The van der Waals surface area contributed by atoms with Crippen molar-refractivity contribution in [3.05, 3.63) is 71.3 Å². The zero-order valence-corrected chi connectivity index (χ0v) is 19.5. The van der Waals surface area contributed by atoms with Crippen LogP contribution < -0.4 is 5.32 Å². The number of halogens is 4. The molecule has 2 heterocycles. The number of benzene rings is 2. The summed E-state index contributed by atoms with van der Waals surface area (Å²) >= 11 is 0. The smallest absolute Gasteiger partial charge is 0.245 e. The van der Waals surface area contributed by atoms with Crippen LogP contribution in [-0.2, 0) is 6.54 Å². The summed E-state index contributed by atoms with van der Waals surface area (Å²) in [7, 11) is 0. The highest BCUT2D eigenvalue weighted by Gasteiger charge is 2.39. The molecule has 200 valence electrons. The molecule has 0 aromatic heterocycles. The molecule has 0 saturated carbocycles. The van der Waals surface area contributed by atoms with E-state index in [1.165, 1.54) is 36.4 Å². The van der Waals surface area contributed by atoms with Gasteiger partial charge in [-0.3, -0.25) is 4.90 Å². The molecule has 36 heavy (non-hydrogen) atoms. The Balaban J connectivity index is 0.000000202. The number of β-amino-alcohol motifs (C(OH)–C–C–N with tert-alkyl or cyclic N) is 2. The quantitative estimate of drug-likeness (QED) is 0.329. The van der Waals surface area contributed by atoms with Crippen molar-refractivity contribution in [1.29, 1.82) is 0 Å². The number of piperidine rings is 2. The van der Waals surface area contributed by atoms with Crippen molar-refractivity contribution in [2.45, 2.75) is 43.5 Å². The van der Waals surface area contributed by atoms with Gasteiger partial charge in [-0.1, -0.05) is 24.3 Å². The number of alkyl halides is 2. The summed E-state index contributed by atoms with van der Waals surface area (Å²) in [5, 5.41) is 51.5. The highest BCUT2D eigenvalue weighted by atomic mass is 19.3. The van der Waals surface area contributed by atoms with Gasteiger partial charge in [0.1, 0.15) is 11.6 Å². The van der Waals surface area contributed by atoms with Gasteiger partial charge in [-0.25, -0.2) is 17.6 Å². The standard InChI is InChI=1S/C13H16F3NO2.C12H16FNO3/c14-9-3-1-8(2-4-9)5-17-6-10(13(15)16)12(19)11(18)7-17;13-8-3-1-7(2-4-8)11(16)9-5-14-6-10(15)12(9)17/h1-4,10-13,18-19H,5-7H2;1-4,9-12,14-17H,5-6H2/t10-,11+,12+;9-,10-,11?,12-/m01/s1. The molecular formula is C25H32F4N2O5. The number of nitrogens with one attached hydrogen (secondary N) is 1. The van der Waals surface area contributed by atoms with E-state index in [0.29, 0.717) is 25.2 Å². The molecule has 6 N–H and O–H groups in total. The van der Waals surface area contributed by atoms with E-state index in [0.717, 1.165) is 5.56 Å². The minimum absolute atomic E-state index is 0.00721. The van der Waals surface area contributed by atoms with E-state index in [1.54, 1.807) is 17.0 Å². The maximum absolute atomic E-state index is 12.8. The van der Waals surface area contributed by atoms with Crippen molar-refractivity contribution in [1.82, 2.24) is 10.2 Å². The number of likely N-dealkylation sites (tertiary alicyclic amines) is 1. The first-order valence-corrected chi connectivity index (χ1v) is 11.7. The number of nitrogens with zero attached hydrogens (tertiary/aromatic N) is 1. The summed E-state index contributed by atoms with van der Waals surface area (Å²) in [5.41, 5.74) is 1.31. The van der Waals surface area contributed by atoms with Crippen LogP contribution in [0.4, 0.5) is 17.6 Å². The van der Waals surface area contributed by atoms with Gasteiger partial charge >= 0.3 is 0 Å². The van der Waals surface area contributed by atoms with Crippen LogP contribution in [0.1, 0.15) is 17.2 Å². The number of hydrogen-bond acceptors (Lipinski definition) is 7. The van der Waals surface area contributed by atoms with Gasteiger partial charge in [0.05, 0.1) is 36.4 Å². The van der Waals surface area contributed by atoms with Gasteiger partial charge in [0.15, 0.2) is 0 Å². The van der Waals surface area contributed by atoms with Crippen LogP contribution in [0.2, 0.25) is 0 Å². The molecule has 0 bridgehead atoms. The van der Waals surface area contributed by atoms with Gasteiger partial charge in [-0.15, -0.1) is 0 Å². The first-order chi connectivity index (χ1) is 17.1. The Kier molecular flexibility index (Phi) is 10.2. The van der Waals surface area contributed by atoms with Gasteiger partial charge in [0, 0.05) is 38.6 Å². The molecule has 1 unspecified atom stereocenters. The van der Waals surface area contributed by atoms with E-state index in [1.807, 2.05) is 0 Å². The second kappa shape index (κ2) is 12.9. The zero-order chi connectivity index (χ0) is 26.4. The summed E-state index contributed by atoms with van der Waals surface area (Å²) in [6.07, 6.45) is -8.05. The van der Waals surface area contributed by atoms with Crippen molar-refractivity contribution >= 4 is 0 Å². The van der Waals surface area contributed by atoms with Gasteiger partial charge in [0.25, 0.3) is 0 Å². The average Bonchev–Trinajstić information content (AvgIpc) is 2.85. The van der Waals surface area contributed by atoms with E-state index in [2.05, 4.69) is 5.32 Å². The monoisotopic (exact) mass is 516 g/mol. The Bertz CT molecular complexity index is 937. The summed E-state index contributed by atoms with van der Waals surface area (Å²) in [5.74, 6) is -2.49. The van der Waals surface area contributed by atoms with Gasteiger partial charge in [-0.05, 0) is 35.4 Å². The molecule has 2 fully saturated rings. The Morgan fingerprint density at radius 1 is 0.778 bits per heavy atom. The third kappa shape index (κ3) is 7.45. The fourth-order valence-corrected chi connectivity index (χ4v) is 4.47. The van der Waals surface area contributed by atoms with Crippen LogP contribution >= 0.6 is 0 Å². The number of aliphatic hydroxyl groups excluding tert-OH is 5. The normalized spacial score (nSPS) is 29.9. The maximum Gasteiger partial charge on any atom is 0.245 e. The van der Waals surface area contributed by atoms with Crippen molar-refractivity contribution in [3.8, 4) is 0 Å². The molecule has 2 saturated heterocycles. The van der Waals surface area contributed by atoms with Crippen LogP contribution in [-0.4, -0.2) is 87.5 Å². The van der Waals surface area contributed by atoms with E-state index in [9.17, 15) is 43.1 Å². The Morgan fingerprint density at radius 3 is 1.92 bits per heavy atom. The third-order valence-electron chi connectivity index (χ3n) is 6.57. The Labute approximate surface area is 206 Å². The SMILES string of the molecule is OC(c1ccc(F)cc1)[C@H]1CNC[C@@H](O)[C@@H]1O.O[C@H]1[C@H](O)CN(Cc2ccc(F)cc2)C[C@@H]1C(F)F. The lowest BCUT2D eigenvalue weighted by molar-refractivity contribution is -0.118. The van der Waals surface area contributed by atoms with Crippen molar-refractivity contribution in [2.24, 2.45) is 11.8 Å². The van der Waals surface area contributed by atoms with E-state index in [-0.39, 0.29) is 24.7 Å². The molecule has 2 aliphatic heterocycles. The Hall–Kier alpha value is -2.12. The molecular weight excluding hydrogens is 484 g/mol. The van der Waals surface area contributed by atoms with Crippen LogP contribution in [0.15, 0.2) is 48.5 Å². The Morgan fingerprint density at radius 2 is 1.33 bits per heavy atom. The first-order valence-electron chi connectivity index (χ1n) is 11.7. The van der Waals surface area contributed by atoms with Gasteiger partial charge in [0.2, 0.25) is 6.43 Å². The zero-order valence-electron chi connectivity index (χ0n) is 19.5. The van der Waals surface area contributed by atoms with E-state index >= 15 is 0 Å². The minimum Gasteiger partial charge on any atom is -0.390 e. The number of rotatable bonds is 5. The maximum atomic E-state index is 12.8. The summed E-state index contributed by atoms with van der Waals surface area (Å²) < 4.78 is 51.0. The molecule has 4 rings (SSSR count). The van der Waals surface area contributed by atoms with Crippen molar-refractivity contribution in [2.75, 3.05) is 26.2 Å². The van der Waals surface area contributed by atoms with Gasteiger partial charge in [-0.2, -0.15) is 0 Å². The molecule has 7 atom stereocenters. The first kappa shape index (κ1) is 28.5. The number of hydrogen-bond donors (Lipinski definition) is 6. The number of aliphatic hydroxyl groups is 5. The topological polar surface area (TPSA) is 116 Å².